The molecular formula is C4H6NNaO2. The molecule has 0 atom stereocenters. The van der Waals surface area contributed by atoms with Crippen LogP contribution < -0.4 is 40.0 Å². The van der Waals surface area contributed by atoms with E-state index >= 15 is 0 Å². The van der Waals surface area contributed by atoms with Gasteiger partial charge in [-0.15, -0.1) is 0 Å². The number of hydrogen-bond acceptors (Lipinski definition) is 3. The van der Waals surface area contributed by atoms with E-state index in [1.165, 1.54) is 0 Å². The van der Waals surface area contributed by atoms with E-state index in [1.807, 2.05) is 0 Å². The molecule has 0 aromatic rings. The second kappa shape index (κ2) is 3.45. The molecule has 1 N–H and O–H groups in total. The minimum Gasteiger partial charge on any atom is -0.550 e. The predicted molar refractivity (Wildman–Crippen MR) is 21.4 cm³/mol. The van der Waals surface area contributed by atoms with E-state index in [0.717, 1.165) is 0 Å². The summed E-state index contributed by atoms with van der Waals surface area (Å²) in [6.45, 7) is 1.17. The van der Waals surface area contributed by atoms with Gasteiger partial charge in [0.25, 0.3) is 0 Å². The number of hydrogen-bond donors (Lipinski definition) is 1. The van der Waals surface area contributed by atoms with Crippen LogP contribution in [0.2, 0.25) is 0 Å². The Morgan fingerprint density at radius 1 is 1.62 bits per heavy atom. The van der Waals surface area contributed by atoms with Gasteiger partial charge in [-0.3, -0.25) is 0 Å². The van der Waals surface area contributed by atoms with E-state index in [4.69, 9.17) is 0 Å². The number of aliphatic carboxylic acids is 1. The van der Waals surface area contributed by atoms with Gasteiger partial charge in [-0.2, -0.15) is 0 Å². The SMILES string of the molecule is O=C([O-])C1CNC1.[Na+]. The van der Waals surface area contributed by atoms with Crippen LogP contribution >= 0.6 is 0 Å². The first-order valence-corrected chi connectivity index (χ1v) is 2.22. The fourth-order valence-electron chi connectivity index (χ4n) is 0.455. The van der Waals surface area contributed by atoms with E-state index in [-0.39, 0.29) is 35.5 Å². The number of rotatable bonds is 1. The van der Waals surface area contributed by atoms with Crippen LogP contribution in [0.3, 0.4) is 0 Å². The minimum atomic E-state index is -0.932. The first-order valence-electron chi connectivity index (χ1n) is 2.22. The van der Waals surface area contributed by atoms with Gasteiger partial charge in [0.05, 0.1) is 0 Å². The molecule has 0 unspecified atom stereocenters. The summed E-state index contributed by atoms with van der Waals surface area (Å²) in [6, 6.07) is 0. The molecule has 1 aliphatic rings. The molecule has 1 rings (SSSR count). The van der Waals surface area contributed by atoms with Crippen molar-refractivity contribution in [3.63, 3.8) is 0 Å². The van der Waals surface area contributed by atoms with Gasteiger partial charge in [0.2, 0.25) is 0 Å². The van der Waals surface area contributed by atoms with Crippen LogP contribution in [0.1, 0.15) is 0 Å². The Kier molecular flexibility index (Phi) is 3.64. The zero-order valence-electron chi connectivity index (χ0n) is 4.81. The van der Waals surface area contributed by atoms with Crippen molar-refractivity contribution < 1.29 is 39.5 Å². The number of carbonyl (C=O) groups excluding carboxylic acids is 1. The van der Waals surface area contributed by atoms with Crippen LogP contribution in [0.25, 0.3) is 0 Å². The van der Waals surface area contributed by atoms with Gasteiger partial charge in [0.15, 0.2) is 0 Å². The molecular weight excluding hydrogens is 117 g/mol. The Hall–Kier alpha value is 0.430. The molecule has 0 amide bonds. The van der Waals surface area contributed by atoms with Gasteiger partial charge in [-0.25, -0.2) is 0 Å². The first kappa shape index (κ1) is 8.43. The van der Waals surface area contributed by atoms with Crippen LogP contribution in [0.15, 0.2) is 0 Å². The fourth-order valence-corrected chi connectivity index (χ4v) is 0.455. The van der Waals surface area contributed by atoms with Gasteiger partial charge in [0.1, 0.15) is 0 Å². The van der Waals surface area contributed by atoms with E-state index in [9.17, 15) is 9.90 Å². The summed E-state index contributed by atoms with van der Waals surface area (Å²) in [5, 5.41) is 12.7. The number of carboxylic acid groups (broad SMARTS) is 1. The normalized spacial score (nSPS) is 18.5. The molecule has 8 heavy (non-hydrogen) atoms. The minimum absolute atomic E-state index is 0. The van der Waals surface area contributed by atoms with Crippen molar-refractivity contribution in [2.45, 2.75) is 0 Å². The quantitative estimate of drug-likeness (QED) is 0.355. The largest absolute Gasteiger partial charge is 1.00 e. The molecule has 40 valence electrons. The molecule has 1 aliphatic heterocycles. The molecule has 0 bridgehead atoms. The number of carboxylic acids is 1. The van der Waals surface area contributed by atoms with Crippen molar-refractivity contribution in [3.8, 4) is 0 Å². The summed E-state index contributed by atoms with van der Waals surface area (Å²) < 4.78 is 0. The molecule has 0 aromatic heterocycles. The van der Waals surface area contributed by atoms with Crippen LogP contribution in [0.5, 0.6) is 0 Å². The van der Waals surface area contributed by atoms with E-state index in [0.29, 0.717) is 13.1 Å². The fraction of sp³-hybridized carbons (Fsp3) is 0.750. The summed E-state index contributed by atoms with van der Waals surface area (Å²) in [5.74, 6) is -1.15. The standard InChI is InChI=1S/C4H7NO2.Na/c6-4(7)3-1-5-2-3;/h3,5H,1-2H2,(H,6,7);/q;+1/p-1. The molecule has 1 fully saturated rings. The van der Waals surface area contributed by atoms with Gasteiger partial charge in [-0.05, 0) is 0 Å². The summed E-state index contributed by atoms with van der Waals surface area (Å²) in [5.41, 5.74) is 0. The number of carbonyl (C=O) groups is 1. The second-order valence-electron chi connectivity index (χ2n) is 1.67. The Balaban J connectivity index is 0.000000490. The zero-order valence-corrected chi connectivity index (χ0v) is 6.81. The average Bonchev–Trinajstić information content (AvgIpc) is 1.23. The maximum absolute atomic E-state index is 9.83. The smallest absolute Gasteiger partial charge is 0.550 e. The van der Waals surface area contributed by atoms with E-state index in [1.54, 1.807) is 0 Å². The van der Waals surface area contributed by atoms with Crippen LogP contribution in [0, 0.1) is 5.92 Å². The summed E-state index contributed by atoms with van der Waals surface area (Å²) in [4.78, 5) is 9.83. The van der Waals surface area contributed by atoms with Gasteiger partial charge in [-0.1, -0.05) is 0 Å². The zero-order chi connectivity index (χ0) is 5.28. The van der Waals surface area contributed by atoms with Crippen molar-refractivity contribution in [2.75, 3.05) is 13.1 Å². The predicted octanol–water partition coefficient (Wildman–Crippen LogP) is -5.04. The van der Waals surface area contributed by atoms with Crippen LogP contribution in [0.4, 0.5) is 0 Å². The third-order valence-corrected chi connectivity index (χ3v) is 1.11. The van der Waals surface area contributed by atoms with Gasteiger partial charge < -0.3 is 15.2 Å². The second-order valence-corrected chi connectivity index (χ2v) is 1.67. The van der Waals surface area contributed by atoms with Crippen molar-refractivity contribution in [3.05, 3.63) is 0 Å². The molecule has 0 radical (unpaired) electrons. The van der Waals surface area contributed by atoms with Crippen molar-refractivity contribution in [1.82, 2.24) is 5.32 Å². The molecule has 1 heterocycles. The third-order valence-electron chi connectivity index (χ3n) is 1.11. The molecule has 0 aromatic carbocycles. The molecule has 3 nitrogen and oxygen atoms in total. The van der Waals surface area contributed by atoms with Crippen molar-refractivity contribution in [2.24, 2.45) is 5.92 Å². The number of nitrogens with one attached hydrogen (secondary N) is 1. The third kappa shape index (κ3) is 1.74. The topological polar surface area (TPSA) is 52.2 Å². The molecule has 0 spiro atoms. The van der Waals surface area contributed by atoms with Crippen molar-refractivity contribution in [1.29, 1.82) is 0 Å². The van der Waals surface area contributed by atoms with Gasteiger partial charge >= 0.3 is 29.6 Å². The summed E-state index contributed by atoms with van der Waals surface area (Å²) >= 11 is 0. The summed E-state index contributed by atoms with van der Waals surface area (Å²) in [7, 11) is 0. The maximum atomic E-state index is 9.83. The molecule has 0 saturated carbocycles. The van der Waals surface area contributed by atoms with E-state index in [2.05, 4.69) is 5.32 Å². The van der Waals surface area contributed by atoms with Crippen LogP contribution in [-0.2, 0) is 4.79 Å². The first-order chi connectivity index (χ1) is 3.30. The Morgan fingerprint density at radius 2 is 2.12 bits per heavy atom. The molecule has 0 aliphatic carbocycles. The Bertz CT molecular complexity index is 92.0. The summed E-state index contributed by atoms with van der Waals surface area (Å²) in [6.07, 6.45) is 0. The average molecular weight is 123 g/mol. The van der Waals surface area contributed by atoms with E-state index < -0.39 is 5.97 Å². The molecule has 4 heteroatoms. The van der Waals surface area contributed by atoms with Crippen LogP contribution in [-0.4, -0.2) is 19.1 Å². The molecule has 1 saturated heterocycles. The Morgan fingerprint density at radius 3 is 2.12 bits per heavy atom. The van der Waals surface area contributed by atoms with Gasteiger partial charge in [0, 0.05) is 25.0 Å². The monoisotopic (exact) mass is 123 g/mol. The maximum Gasteiger partial charge on any atom is 1.00 e. The Labute approximate surface area is 69.7 Å². The van der Waals surface area contributed by atoms with Crippen molar-refractivity contribution >= 4 is 5.97 Å².